The zero-order valence-corrected chi connectivity index (χ0v) is 20.2. The third-order valence-electron chi connectivity index (χ3n) is 6.01. The van der Waals surface area contributed by atoms with E-state index in [1.807, 2.05) is 54.1 Å². The molecule has 8 heteroatoms. The number of carbonyl (C=O) groups excluding carboxylic acids is 1. The van der Waals surface area contributed by atoms with Gasteiger partial charge in [-0.2, -0.15) is 0 Å². The smallest absolute Gasteiger partial charge is 0.263 e. The van der Waals surface area contributed by atoms with Crippen molar-refractivity contribution in [3.05, 3.63) is 68.9 Å². The summed E-state index contributed by atoms with van der Waals surface area (Å²) in [6, 6.07) is 11.7. The monoisotopic (exact) mass is 478 g/mol. The predicted molar refractivity (Wildman–Crippen MR) is 136 cm³/mol. The van der Waals surface area contributed by atoms with E-state index in [0.717, 1.165) is 52.5 Å². The molecular weight excluding hydrogens is 452 g/mol. The molecular formula is C25H26N4O2S2. The molecule has 1 aliphatic rings. The van der Waals surface area contributed by atoms with E-state index < -0.39 is 0 Å². The topological polar surface area (TPSA) is 67.2 Å². The number of aryl methyl sites for hydroxylation is 1. The van der Waals surface area contributed by atoms with Crippen molar-refractivity contribution in [3.63, 3.8) is 0 Å². The summed E-state index contributed by atoms with van der Waals surface area (Å²) in [6.07, 6.45) is 3.55. The lowest BCUT2D eigenvalue weighted by Gasteiger charge is -2.27. The van der Waals surface area contributed by atoms with Crippen LogP contribution in [-0.4, -0.2) is 33.4 Å². The highest BCUT2D eigenvalue weighted by Gasteiger charge is 2.21. The second-order valence-electron chi connectivity index (χ2n) is 8.48. The van der Waals surface area contributed by atoms with Gasteiger partial charge in [-0.05, 0) is 56.4 Å². The fourth-order valence-electron chi connectivity index (χ4n) is 4.26. The van der Waals surface area contributed by atoms with E-state index in [9.17, 15) is 9.59 Å². The van der Waals surface area contributed by atoms with E-state index in [0.29, 0.717) is 17.8 Å². The number of nitrogens with zero attached hydrogens (tertiary/aromatic N) is 3. The summed E-state index contributed by atoms with van der Waals surface area (Å²) in [4.78, 5) is 35.7. The zero-order valence-electron chi connectivity index (χ0n) is 18.5. The molecule has 0 radical (unpaired) electrons. The van der Waals surface area contributed by atoms with E-state index in [1.54, 1.807) is 15.9 Å². The highest BCUT2D eigenvalue weighted by Crippen LogP contribution is 2.34. The van der Waals surface area contributed by atoms with Crippen molar-refractivity contribution in [3.8, 4) is 10.4 Å². The summed E-state index contributed by atoms with van der Waals surface area (Å²) in [6.45, 7) is 4.52. The Labute approximate surface area is 200 Å². The van der Waals surface area contributed by atoms with Crippen LogP contribution in [0.25, 0.3) is 20.7 Å². The molecule has 0 aliphatic carbocycles. The lowest BCUT2D eigenvalue weighted by molar-refractivity contribution is -0.116. The molecule has 0 bridgehead atoms. The lowest BCUT2D eigenvalue weighted by Crippen LogP contribution is -2.36. The molecule has 3 aromatic heterocycles. The number of amides is 1. The maximum Gasteiger partial charge on any atom is 0.263 e. The maximum atomic E-state index is 13.7. The van der Waals surface area contributed by atoms with Crippen LogP contribution < -0.4 is 10.9 Å². The number of rotatable bonds is 6. The molecule has 6 nitrogen and oxygen atoms in total. The highest BCUT2D eigenvalue weighted by atomic mass is 32.1. The Kier molecular flexibility index (Phi) is 6.39. The summed E-state index contributed by atoms with van der Waals surface area (Å²) in [5, 5.41) is 7.54. The average molecular weight is 479 g/mol. The number of hydrogen-bond acceptors (Lipinski definition) is 6. The van der Waals surface area contributed by atoms with Gasteiger partial charge in [0.25, 0.3) is 5.56 Å². The molecule has 4 aromatic rings. The summed E-state index contributed by atoms with van der Waals surface area (Å²) < 4.78 is 1.57. The molecule has 1 saturated heterocycles. The first-order valence-corrected chi connectivity index (χ1v) is 13.0. The first kappa shape index (κ1) is 22.0. The first-order valence-electron chi connectivity index (χ1n) is 11.2. The van der Waals surface area contributed by atoms with E-state index in [4.69, 9.17) is 4.98 Å². The number of nitrogens with one attached hydrogen (secondary N) is 1. The Hall–Kier alpha value is -2.81. The summed E-state index contributed by atoms with van der Waals surface area (Å²) in [5.41, 5.74) is 2.61. The number of carbonyl (C=O) groups is 1. The fourth-order valence-corrected chi connectivity index (χ4v) is 6.03. The number of anilines is 1. The van der Waals surface area contributed by atoms with Crippen molar-refractivity contribution >= 4 is 44.5 Å². The third-order valence-corrected chi connectivity index (χ3v) is 7.79. The standard InChI is InChI=1S/C25H26N4O2S2/c1-17-7-9-18(10-8-17)26-22(30)15-29-21(14-28-11-3-2-4-12-28)27-24-23(25(29)31)19(16-33-24)20-6-5-13-32-20/h5-10,13,16H,2-4,11-12,14-15H2,1H3,(H,26,30). The van der Waals surface area contributed by atoms with Gasteiger partial charge in [0.05, 0.1) is 11.9 Å². The molecule has 4 heterocycles. The van der Waals surface area contributed by atoms with E-state index >= 15 is 0 Å². The van der Waals surface area contributed by atoms with Crippen molar-refractivity contribution in [2.45, 2.75) is 39.3 Å². The van der Waals surface area contributed by atoms with Gasteiger partial charge in [-0.3, -0.25) is 19.1 Å². The van der Waals surface area contributed by atoms with E-state index in [-0.39, 0.29) is 18.0 Å². The van der Waals surface area contributed by atoms with Crippen molar-refractivity contribution in [2.24, 2.45) is 0 Å². The molecule has 0 atom stereocenters. The predicted octanol–water partition coefficient (Wildman–Crippen LogP) is 5.12. The molecule has 5 rings (SSSR count). The highest BCUT2D eigenvalue weighted by molar-refractivity contribution is 7.18. The van der Waals surface area contributed by atoms with E-state index in [1.165, 1.54) is 17.8 Å². The zero-order chi connectivity index (χ0) is 22.8. The van der Waals surface area contributed by atoms with Gasteiger partial charge in [-0.15, -0.1) is 22.7 Å². The summed E-state index contributed by atoms with van der Waals surface area (Å²) in [7, 11) is 0. The van der Waals surface area contributed by atoms with Gasteiger partial charge in [-0.1, -0.05) is 30.2 Å². The molecule has 0 unspecified atom stereocenters. The number of fused-ring (bicyclic) bond motifs is 1. The minimum absolute atomic E-state index is 0.0570. The quantitative estimate of drug-likeness (QED) is 0.418. The van der Waals surface area contributed by atoms with Crippen LogP contribution in [0.4, 0.5) is 5.69 Å². The van der Waals surface area contributed by atoms with Crippen molar-refractivity contribution in [1.82, 2.24) is 14.5 Å². The maximum absolute atomic E-state index is 13.7. The lowest BCUT2D eigenvalue weighted by atomic mass is 10.1. The molecule has 170 valence electrons. The van der Waals surface area contributed by atoms with Gasteiger partial charge in [0.2, 0.25) is 5.91 Å². The average Bonchev–Trinajstić information content (AvgIpc) is 3.49. The van der Waals surface area contributed by atoms with Gasteiger partial charge in [0.15, 0.2) is 0 Å². The Morgan fingerprint density at radius 1 is 1.09 bits per heavy atom. The molecule has 1 fully saturated rings. The normalized spacial score (nSPS) is 14.6. The largest absolute Gasteiger partial charge is 0.325 e. The minimum atomic E-state index is -0.227. The van der Waals surface area contributed by atoms with Crippen LogP contribution in [-0.2, 0) is 17.9 Å². The van der Waals surface area contributed by atoms with Crippen LogP contribution in [0.3, 0.4) is 0 Å². The summed E-state index contributed by atoms with van der Waals surface area (Å²) in [5.74, 6) is 0.433. The van der Waals surface area contributed by atoms with Crippen LogP contribution >= 0.6 is 22.7 Å². The van der Waals surface area contributed by atoms with Crippen molar-refractivity contribution in [2.75, 3.05) is 18.4 Å². The number of hydrogen-bond donors (Lipinski definition) is 1. The Morgan fingerprint density at radius 2 is 1.88 bits per heavy atom. The van der Waals surface area contributed by atoms with Gasteiger partial charge in [0.1, 0.15) is 17.2 Å². The first-order chi connectivity index (χ1) is 16.1. The van der Waals surface area contributed by atoms with Gasteiger partial charge >= 0.3 is 0 Å². The Bertz CT molecular complexity index is 1320. The van der Waals surface area contributed by atoms with Crippen molar-refractivity contribution in [1.29, 1.82) is 0 Å². The molecule has 1 aromatic carbocycles. The molecule has 1 amide bonds. The van der Waals surface area contributed by atoms with Crippen LogP contribution in [0.5, 0.6) is 0 Å². The number of thiophene rings is 2. The fraction of sp³-hybridized carbons (Fsp3) is 0.320. The number of piperidine rings is 1. The number of aromatic nitrogens is 2. The SMILES string of the molecule is Cc1ccc(NC(=O)Cn2c(CN3CCCCC3)nc3scc(-c4cccs4)c3c2=O)cc1. The molecule has 1 aliphatic heterocycles. The van der Waals surface area contributed by atoms with Crippen LogP contribution in [0.1, 0.15) is 30.7 Å². The van der Waals surface area contributed by atoms with Gasteiger partial charge in [0, 0.05) is 21.5 Å². The van der Waals surface area contributed by atoms with Gasteiger partial charge < -0.3 is 5.32 Å². The molecule has 0 saturated carbocycles. The Morgan fingerprint density at radius 3 is 2.61 bits per heavy atom. The second-order valence-corrected chi connectivity index (χ2v) is 10.3. The minimum Gasteiger partial charge on any atom is -0.325 e. The molecule has 0 spiro atoms. The van der Waals surface area contributed by atoms with Crippen LogP contribution in [0.2, 0.25) is 0 Å². The van der Waals surface area contributed by atoms with Crippen LogP contribution in [0, 0.1) is 6.92 Å². The number of likely N-dealkylation sites (tertiary alicyclic amines) is 1. The Balaban J connectivity index is 1.52. The van der Waals surface area contributed by atoms with Crippen LogP contribution in [0.15, 0.2) is 52.0 Å². The van der Waals surface area contributed by atoms with Crippen molar-refractivity contribution < 1.29 is 4.79 Å². The molecule has 1 N–H and O–H groups in total. The van der Waals surface area contributed by atoms with E-state index in [2.05, 4.69) is 10.2 Å². The second kappa shape index (κ2) is 9.59. The number of benzene rings is 1. The van der Waals surface area contributed by atoms with Gasteiger partial charge in [-0.25, -0.2) is 4.98 Å². The molecule has 33 heavy (non-hydrogen) atoms. The third kappa shape index (κ3) is 4.78. The summed E-state index contributed by atoms with van der Waals surface area (Å²) >= 11 is 3.10.